The van der Waals surface area contributed by atoms with Crippen LogP contribution in [0.25, 0.3) is 0 Å². The van der Waals surface area contributed by atoms with Crippen molar-refractivity contribution < 1.29 is 17.2 Å². The number of nitrogens with one attached hydrogen (secondary N) is 1. The molecule has 1 N–H and O–H groups in total. The van der Waals surface area contributed by atoms with E-state index >= 15 is 0 Å². The Morgan fingerprint density at radius 3 is 2.17 bits per heavy atom. The minimum absolute atomic E-state index is 0.0434. The van der Waals surface area contributed by atoms with E-state index in [1.54, 1.807) is 24.3 Å². The lowest BCUT2D eigenvalue weighted by Crippen LogP contribution is -2.16. The van der Waals surface area contributed by atoms with Gasteiger partial charge in [-0.05, 0) is 55.0 Å². The minimum Gasteiger partial charge on any atom is -0.274 e. The van der Waals surface area contributed by atoms with E-state index in [0.29, 0.717) is 10.6 Å². The first-order chi connectivity index (χ1) is 13.7. The molecule has 3 aromatic rings. The van der Waals surface area contributed by atoms with Crippen molar-refractivity contribution in [3.8, 4) is 11.8 Å². The number of rotatable bonds is 3. The molecule has 0 aliphatic heterocycles. The molecule has 3 aromatic carbocycles. The van der Waals surface area contributed by atoms with E-state index in [9.17, 15) is 17.2 Å². The molecule has 0 unspecified atom stereocenters. The first kappa shape index (κ1) is 21.1. The summed E-state index contributed by atoms with van der Waals surface area (Å²) >= 11 is 11.8. The Hall–Kier alpha value is -2.59. The lowest BCUT2D eigenvalue weighted by atomic mass is 10.1. The fourth-order valence-electron chi connectivity index (χ4n) is 2.52. The smallest absolute Gasteiger partial charge is 0.262 e. The second-order valence-electron chi connectivity index (χ2n) is 6.04. The largest absolute Gasteiger partial charge is 0.274 e. The summed E-state index contributed by atoms with van der Waals surface area (Å²) in [5.41, 5.74) is 0.0885. The molecular weight excluding hydrogens is 439 g/mol. The first-order valence-electron chi connectivity index (χ1n) is 8.22. The zero-order chi connectivity index (χ0) is 21.2. The molecule has 29 heavy (non-hydrogen) atoms. The van der Waals surface area contributed by atoms with E-state index in [0.717, 1.165) is 12.1 Å². The van der Waals surface area contributed by atoms with Crippen molar-refractivity contribution in [1.82, 2.24) is 0 Å². The second-order valence-corrected chi connectivity index (χ2v) is 8.54. The highest BCUT2D eigenvalue weighted by atomic mass is 35.5. The van der Waals surface area contributed by atoms with E-state index in [2.05, 4.69) is 11.8 Å². The Kier molecular flexibility index (Phi) is 6.13. The van der Waals surface area contributed by atoms with Gasteiger partial charge in [0.15, 0.2) is 11.6 Å². The average molecular weight is 452 g/mol. The summed E-state index contributed by atoms with van der Waals surface area (Å²) in [4.78, 5) is -0.173. The van der Waals surface area contributed by atoms with Crippen molar-refractivity contribution >= 4 is 38.9 Å². The van der Waals surface area contributed by atoms with Crippen molar-refractivity contribution in [3.05, 3.63) is 93.0 Å². The molecular formula is C21H13Cl2F2NO2S. The molecule has 3 rings (SSSR count). The van der Waals surface area contributed by atoms with Gasteiger partial charge in [-0.2, -0.15) is 0 Å². The number of halogens is 4. The van der Waals surface area contributed by atoms with Gasteiger partial charge >= 0.3 is 0 Å². The van der Waals surface area contributed by atoms with Gasteiger partial charge in [0.05, 0.1) is 4.90 Å². The molecule has 0 heterocycles. The molecule has 8 heteroatoms. The molecule has 0 aliphatic rings. The summed E-state index contributed by atoms with van der Waals surface area (Å²) in [7, 11) is -4.25. The van der Waals surface area contributed by atoms with E-state index < -0.39 is 27.3 Å². The van der Waals surface area contributed by atoms with Crippen molar-refractivity contribution in [3.63, 3.8) is 0 Å². The number of anilines is 1. The number of benzene rings is 3. The molecule has 3 nitrogen and oxygen atoms in total. The van der Waals surface area contributed by atoms with E-state index in [1.807, 2.05) is 4.72 Å². The van der Waals surface area contributed by atoms with Gasteiger partial charge in [0.2, 0.25) is 0 Å². The number of hydrogen-bond donors (Lipinski definition) is 1. The molecule has 0 bridgehead atoms. The maximum atomic E-state index is 14.4. The highest BCUT2D eigenvalue weighted by molar-refractivity contribution is 7.92. The maximum Gasteiger partial charge on any atom is 0.262 e. The van der Waals surface area contributed by atoms with Gasteiger partial charge in [-0.25, -0.2) is 17.2 Å². The minimum atomic E-state index is -4.25. The highest BCUT2D eigenvalue weighted by Gasteiger charge is 2.22. The Balaban J connectivity index is 1.93. The maximum absolute atomic E-state index is 14.4. The van der Waals surface area contributed by atoms with E-state index in [1.165, 1.54) is 25.1 Å². The Labute approximate surface area is 177 Å². The Bertz CT molecular complexity index is 1240. The van der Waals surface area contributed by atoms with Gasteiger partial charge in [0.1, 0.15) is 5.69 Å². The normalized spacial score (nSPS) is 10.9. The van der Waals surface area contributed by atoms with Crippen molar-refractivity contribution in [1.29, 1.82) is 0 Å². The van der Waals surface area contributed by atoms with Gasteiger partial charge in [-0.15, -0.1) is 0 Å². The van der Waals surface area contributed by atoms with Gasteiger partial charge in [-0.1, -0.05) is 47.2 Å². The fraction of sp³-hybridized carbons (Fsp3) is 0.0476. The van der Waals surface area contributed by atoms with Crippen LogP contribution in [0.4, 0.5) is 14.5 Å². The zero-order valence-electron chi connectivity index (χ0n) is 14.9. The summed E-state index contributed by atoms with van der Waals surface area (Å²) in [6.45, 7) is 1.50. The van der Waals surface area contributed by atoms with Gasteiger partial charge in [0.25, 0.3) is 10.0 Å². The van der Waals surface area contributed by atoms with Crippen LogP contribution >= 0.6 is 23.2 Å². The van der Waals surface area contributed by atoms with E-state index in [-0.39, 0.29) is 21.0 Å². The van der Waals surface area contributed by atoms with Crippen LogP contribution in [-0.2, 0) is 10.0 Å². The molecule has 148 valence electrons. The second kappa shape index (κ2) is 8.42. The lowest BCUT2D eigenvalue weighted by molar-refractivity contribution is 0.582. The van der Waals surface area contributed by atoms with Crippen LogP contribution in [0.2, 0.25) is 10.0 Å². The molecule has 0 saturated carbocycles. The summed E-state index contributed by atoms with van der Waals surface area (Å²) in [6, 6.07) is 12.8. The molecule has 0 amide bonds. The van der Waals surface area contributed by atoms with Crippen LogP contribution in [0, 0.1) is 30.4 Å². The van der Waals surface area contributed by atoms with Crippen LogP contribution in [-0.4, -0.2) is 8.42 Å². The van der Waals surface area contributed by atoms with Crippen LogP contribution in [0.3, 0.4) is 0 Å². The van der Waals surface area contributed by atoms with Crippen molar-refractivity contribution in [2.45, 2.75) is 11.8 Å². The topological polar surface area (TPSA) is 46.2 Å². The third-order valence-electron chi connectivity index (χ3n) is 3.96. The van der Waals surface area contributed by atoms with Gasteiger partial charge in [0, 0.05) is 21.2 Å². The standard InChI is InChI=1S/C21H13Cl2F2NO2S/c1-13-17(23)6-3-7-20(13)29(27,28)26-21-18(24)11-15(12-19(21)25)9-8-14-4-2-5-16(22)10-14/h2-7,10-12,26H,1H3. The van der Waals surface area contributed by atoms with E-state index in [4.69, 9.17) is 23.2 Å². The van der Waals surface area contributed by atoms with Crippen LogP contribution in [0.1, 0.15) is 16.7 Å². The molecule has 0 radical (unpaired) electrons. The first-order valence-corrected chi connectivity index (χ1v) is 10.5. The fourth-order valence-corrected chi connectivity index (χ4v) is 4.29. The molecule has 0 aromatic heterocycles. The Morgan fingerprint density at radius 1 is 0.897 bits per heavy atom. The van der Waals surface area contributed by atoms with Crippen molar-refractivity contribution in [2.24, 2.45) is 0 Å². The quantitative estimate of drug-likeness (QED) is 0.512. The highest BCUT2D eigenvalue weighted by Crippen LogP contribution is 2.27. The van der Waals surface area contributed by atoms with Gasteiger partial charge < -0.3 is 0 Å². The summed E-state index contributed by atoms with van der Waals surface area (Å²) in [5.74, 6) is 3.18. The SMILES string of the molecule is Cc1c(Cl)cccc1S(=O)(=O)Nc1c(F)cc(C#Cc2cccc(Cl)c2)cc1F. The molecule has 0 saturated heterocycles. The monoisotopic (exact) mass is 451 g/mol. The predicted octanol–water partition coefficient (Wildman–Crippen LogP) is 5.78. The van der Waals surface area contributed by atoms with Crippen LogP contribution in [0.5, 0.6) is 0 Å². The molecule has 0 atom stereocenters. The predicted molar refractivity (Wildman–Crippen MR) is 111 cm³/mol. The molecule has 0 spiro atoms. The summed E-state index contributed by atoms with van der Waals surface area (Å²) in [6.07, 6.45) is 0. The lowest BCUT2D eigenvalue weighted by Gasteiger charge is -2.12. The molecule has 0 aliphatic carbocycles. The number of hydrogen-bond acceptors (Lipinski definition) is 2. The average Bonchev–Trinajstić information content (AvgIpc) is 2.65. The molecule has 0 fully saturated rings. The van der Waals surface area contributed by atoms with Gasteiger partial charge in [-0.3, -0.25) is 4.72 Å². The Morgan fingerprint density at radius 2 is 1.52 bits per heavy atom. The van der Waals surface area contributed by atoms with Crippen LogP contribution < -0.4 is 4.72 Å². The van der Waals surface area contributed by atoms with Crippen molar-refractivity contribution in [2.75, 3.05) is 4.72 Å². The third-order valence-corrected chi connectivity index (χ3v) is 6.10. The summed E-state index contributed by atoms with van der Waals surface area (Å²) in [5, 5.41) is 0.704. The third kappa shape index (κ3) is 4.88. The number of sulfonamides is 1. The summed E-state index contributed by atoms with van der Waals surface area (Å²) < 4.78 is 56.0. The van der Waals surface area contributed by atoms with Crippen LogP contribution in [0.15, 0.2) is 59.5 Å². The zero-order valence-corrected chi connectivity index (χ0v) is 17.3.